The summed E-state index contributed by atoms with van der Waals surface area (Å²) >= 11 is 0. The number of carbonyl (C=O) groups is 3. The summed E-state index contributed by atoms with van der Waals surface area (Å²) in [6.07, 6.45) is 17.6. The Morgan fingerprint density at radius 1 is 0.604 bits per heavy atom. The van der Waals surface area contributed by atoms with Crippen molar-refractivity contribution in [1.29, 1.82) is 0 Å². The van der Waals surface area contributed by atoms with Gasteiger partial charge in [-0.15, -0.1) is 0 Å². The van der Waals surface area contributed by atoms with E-state index in [-0.39, 0.29) is 34.7 Å². The highest BCUT2D eigenvalue weighted by Crippen LogP contribution is 2.19. The summed E-state index contributed by atoms with van der Waals surface area (Å²) in [5.41, 5.74) is 5.72. The lowest BCUT2D eigenvalue weighted by molar-refractivity contribution is -0.116. The highest BCUT2D eigenvalue weighted by Gasteiger charge is 2.18. The molecule has 0 fully saturated rings. The van der Waals surface area contributed by atoms with Gasteiger partial charge in [0.15, 0.2) is 0 Å². The van der Waals surface area contributed by atoms with Crippen molar-refractivity contribution >= 4 is 41.0 Å². The number of anilines is 4. The summed E-state index contributed by atoms with van der Waals surface area (Å²) in [4.78, 5) is 51.8. The van der Waals surface area contributed by atoms with E-state index in [1.54, 1.807) is 36.4 Å². The van der Waals surface area contributed by atoms with E-state index in [0.29, 0.717) is 24.6 Å². The summed E-state index contributed by atoms with van der Waals surface area (Å²) in [6, 6.07) is 12.9. The Balaban J connectivity index is 1.62. The molecule has 0 atom stereocenters. The van der Waals surface area contributed by atoms with Crippen LogP contribution >= 0.6 is 0 Å². The minimum atomic E-state index is -0.581. The topological polar surface area (TPSA) is 161 Å². The molecule has 0 aliphatic rings. The van der Waals surface area contributed by atoms with Crippen LogP contribution in [0.3, 0.4) is 0 Å². The lowest BCUT2D eigenvalue weighted by atomic mass is 10.1. The molecule has 3 aromatic rings. The van der Waals surface area contributed by atoms with E-state index in [1.807, 2.05) is 0 Å². The third kappa shape index (κ3) is 14.9. The third-order valence-corrected chi connectivity index (χ3v) is 7.81. The van der Waals surface area contributed by atoms with E-state index in [1.165, 1.54) is 69.9 Å². The molecule has 3 amide bonds. The number of ether oxygens (including phenoxy) is 1. The number of aromatic nitrogens is 3. The summed E-state index contributed by atoms with van der Waals surface area (Å²) in [5, 5.41) is 8.21. The maximum Gasteiger partial charge on any atom is 0.275 e. The molecule has 3 heterocycles. The Morgan fingerprint density at radius 2 is 1.08 bits per heavy atom. The standard InChI is InChI=1S/C37H53N7O4/c1-3-5-7-9-11-13-15-17-25-48-28-26-29(36(46)43-32-21-18-20-31(38)40-32)39-30(27-28)37(47)44-34-23-19-22-33(41-34)42-35(45)24-16-14-12-10-8-6-4-2/h18-23,26-27H,3-17,24-25H2,1-2H3,(H3,38,40,43,46)(H2,41,42,44,45,47). The Morgan fingerprint density at radius 3 is 1.65 bits per heavy atom. The van der Waals surface area contributed by atoms with Gasteiger partial charge >= 0.3 is 0 Å². The van der Waals surface area contributed by atoms with Crippen molar-refractivity contribution in [2.45, 2.75) is 117 Å². The number of nitrogens with one attached hydrogen (secondary N) is 3. The number of hydrogen-bond donors (Lipinski definition) is 4. The van der Waals surface area contributed by atoms with Gasteiger partial charge in [-0.05, 0) is 37.1 Å². The minimum absolute atomic E-state index is 0.0165. The first-order valence-corrected chi connectivity index (χ1v) is 17.6. The van der Waals surface area contributed by atoms with E-state index in [2.05, 4.69) is 44.7 Å². The number of unbranched alkanes of at least 4 members (excludes halogenated alkanes) is 13. The summed E-state index contributed by atoms with van der Waals surface area (Å²) < 4.78 is 5.98. The molecule has 0 saturated carbocycles. The van der Waals surface area contributed by atoms with Crippen molar-refractivity contribution in [3.63, 3.8) is 0 Å². The van der Waals surface area contributed by atoms with Gasteiger partial charge in [-0.25, -0.2) is 15.0 Å². The molecule has 0 aliphatic heterocycles. The van der Waals surface area contributed by atoms with Gasteiger partial charge in [0.05, 0.1) is 6.61 Å². The predicted molar refractivity (Wildman–Crippen MR) is 192 cm³/mol. The van der Waals surface area contributed by atoms with E-state index >= 15 is 0 Å². The largest absolute Gasteiger partial charge is 0.493 e. The molecule has 0 bridgehead atoms. The van der Waals surface area contributed by atoms with E-state index in [0.717, 1.165) is 38.5 Å². The van der Waals surface area contributed by atoms with Crippen LogP contribution in [-0.2, 0) is 4.79 Å². The minimum Gasteiger partial charge on any atom is -0.493 e. The number of pyridine rings is 3. The average Bonchev–Trinajstić information content (AvgIpc) is 3.07. The van der Waals surface area contributed by atoms with Gasteiger partial charge < -0.3 is 26.4 Å². The SMILES string of the molecule is CCCCCCCCCCOc1cc(C(=O)Nc2cccc(N)n2)nc(C(=O)Nc2cccc(NC(=O)CCCCCCCCC)n2)c1. The fourth-order valence-corrected chi connectivity index (χ4v) is 5.15. The molecule has 0 spiro atoms. The molecule has 11 nitrogen and oxygen atoms in total. The van der Waals surface area contributed by atoms with Crippen LogP contribution in [-0.4, -0.2) is 39.3 Å². The van der Waals surface area contributed by atoms with Crippen molar-refractivity contribution in [2.24, 2.45) is 0 Å². The molecule has 260 valence electrons. The zero-order valence-electron chi connectivity index (χ0n) is 28.7. The van der Waals surface area contributed by atoms with Gasteiger partial charge in [0, 0.05) is 18.6 Å². The fraction of sp³-hybridized carbons (Fsp3) is 0.514. The van der Waals surface area contributed by atoms with E-state index in [9.17, 15) is 14.4 Å². The number of rotatable bonds is 23. The number of nitrogens with two attached hydrogens (primary N) is 1. The van der Waals surface area contributed by atoms with Gasteiger partial charge in [-0.2, -0.15) is 0 Å². The lowest BCUT2D eigenvalue weighted by Gasteiger charge is -2.12. The van der Waals surface area contributed by atoms with Gasteiger partial charge in [0.2, 0.25) is 5.91 Å². The van der Waals surface area contributed by atoms with Crippen LogP contribution in [0.1, 0.15) is 138 Å². The van der Waals surface area contributed by atoms with Crippen LogP contribution in [0.5, 0.6) is 5.75 Å². The van der Waals surface area contributed by atoms with Crippen molar-refractivity contribution in [3.05, 3.63) is 59.9 Å². The molecule has 0 aromatic carbocycles. The zero-order chi connectivity index (χ0) is 34.4. The Hall–Kier alpha value is -4.54. The summed E-state index contributed by atoms with van der Waals surface area (Å²) in [7, 11) is 0. The number of nitrogens with zero attached hydrogens (tertiary/aromatic N) is 3. The Labute approximate surface area is 285 Å². The predicted octanol–water partition coefficient (Wildman–Crippen LogP) is 8.56. The van der Waals surface area contributed by atoms with Crippen molar-refractivity contribution in [1.82, 2.24) is 15.0 Å². The van der Waals surface area contributed by atoms with Gasteiger partial charge in [-0.1, -0.05) is 109 Å². The quantitative estimate of drug-likeness (QED) is 0.0736. The highest BCUT2D eigenvalue weighted by molar-refractivity contribution is 6.06. The molecular weight excluding hydrogens is 606 g/mol. The molecule has 0 unspecified atom stereocenters. The smallest absolute Gasteiger partial charge is 0.275 e. The van der Waals surface area contributed by atoms with Crippen LogP contribution in [0, 0.1) is 0 Å². The second-order valence-electron chi connectivity index (χ2n) is 12.1. The van der Waals surface area contributed by atoms with Crippen molar-refractivity contribution in [3.8, 4) is 5.75 Å². The number of amides is 3. The molecule has 3 rings (SSSR count). The summed E-state index contributed by atoms with van der Waals surface area (Å²) in [6.45, 7) is 4.85. The van der Waals surface area contributed by atoms with E-state index < -0.39 is 11.8 Å². The normalized spacial score (nSPS) is 10.8. The Bertz CT molecular complexity index is 1430. The summed E-state index contributed by atoms with van der Waals surface area (Å²) in [5.74, 6) is 0.170. The molecule has 11 heteroatoms. The molecule has 48 heavy (non-hydrogen) atoms. The number of carbonyl (C=O) groups excluding carboxylic acids is 3. The number of nitrogen functional groups attached to an aromatic ring is 1. The highest BCUT2D eigenvalue weighted by atomic mass is 16.5. The molecule has 0 saturated heterocycles. The monoisotopic (exact) mass is 659 g/mol. The second-order valence-corrected chi connectivity index (χ2v) is 12.1. The maximum absolute atomic E-state index is 13.4. The average molecular weight is 660 g/mol. The van der Waals surface area contributed by atoms with Crippen LogP contribution in [0.2, 0.25) is 0 Å². The van der Waals surface area contributed by atoms with Crippen LogP contribution < -0.4 is 26.4 Å². The first-order valence-electron chi connectivity index (χ1n) is 17.6. The van der Waals surface area contributed by atoms with Crippen LogP contribution in [0.25, 0.3) is 0 Å². The first kappa shape index (κ1) is 37.9. The van der Waals surface area contributed by atoms with Gasteiger partial charge in [-0.3, -0.25) is 14.4 Å². The molecular formula is C37H53N7O4. The fourth-order valence-electron chi connectivity index (χ4n) is 5.15. The van der Waals surface area contributed by atoms with Crippen LogP contribution in [0.4, 0.5) is 23.3 Å². The van der Waals surface area contributed by atoms with Gasteiger partial charge in [0.25, 0.3) is 11.8 Å². The second kappa shape index (κ2) is 22.1. The van der Waals surface area contributed by atoms with Crippen LogP contribution in [0.15, 0.2) is 48.5 Å². The maximum atomic E-state index is 13.4. The van der Waals surface area contributed by atoms with Crippen molar-refractivity contribution in [2.75, 3.05) is 28.3 Å². The molecule has 0 aliphatic carbocycles. The third-order valence-electron chi connectivity index (χ3n) is 7.81. The van der Waals surface area contributed by atoms with Gasteiger partial charge in [0.1, 0.15) is 40.4 Å². The Kier molecular flexibility index (Phi) is 17.5. The molecule has 3 aromatic heterocycles. The lowest BCUT2D eigenvalue weighted by Crippen LogP contribution is -2.20. The first-order chi connectivity index (χ1) is 23.4. The van der Waals surface area contributed by atoms with Crippen molar-refractivity contribution < 1.29 is 19.1 Å². The molecule has 5 N–H and O–H groups in total. The number of hydrogen-bond acceptors (Lipinski definition) is 8. The molecule has 0 radical (unpaired) electrons. The zero-order valence-corrected chi connectivity index (χ0v) is 28.7. The van der Waals surface area contributed by atoms with E-state index in [4.69, 9.17) is 10.5 Å².